The predicted octanol–water partition coefficient (Wildman–Crippen LogP) is 2.80. The Hall–Kier alpha value is -1.74. The number of halogens is 4. The Labute approximate surface area is 93.4 Å². The van der Waals surface area contributed by atoms with Crippen molar-refractivity contribution in [1.29, 1.82) is 5.26 Å². The van der Waals surface area contributed by atoms with Crippen LogP contribution in [-0.2, 0) is 11.0 Å². The van der Waals surface area contributed by atoms with Crippen LogP contribution in [0.2, 0.25) is 5.02 Å². The highest BCUT2D eigenvalue weighted by Crippen LogP contribution is 2.35. The van der Waals surface area contributed by atoms with Gasteiger partial charge in [0.1, 0.15) is 6.07 Å². The Morgan fingerprint density at radius 1 is 1.44 bits per heavy atom. The number of hydrogen-bond donors (Lipinski definition) is 1. The molecule has 7 heteroatoms. The van der Waals surface area contributed by atoms with Crippen LogP contribution in [0.1, 0.15) is 11.1 Å². The molecule has 0 bridgehead atoms. The first-order valence-corrected chi connectivity index (χ1v) is 4.29. The van der Waals surface area contributed by atoms with Crippen LogP contribution in [0.4, 0.5) is 18.9 Å². The maximum absolute atomic E-state index is 12.3. The topological polar surface area (TPSA) is 52.9 Å². The highest BCUT2D eigenvalue weighted by Gasteiger charge is 2.32. The number of anilines is 1. The second-order valence-electron chi connectivity index (χ2n) is 2.75. The van der Waals surface area contributed by atoms with Gasteiger partial charge in [0, 0.05) is 0 Å². The maximum Gasteiger partial charge on any atom is 0.416 e. The van der Waals surface area contributed by atoms with Gasteiger partial charge in [0.15, 0.2) is 0 Å². The molecule has 0 fully saturated rings. The Morgan fingerprint density at radius 3 is 2.50 bits per heavy atom. The summed E-state index contributed by atoms with van der Waals surface area (Å²) in [6, 6.07) is 2.80. The monoisotopic (exact) mass is 248 g/mol. The zero-order chi connectivity index (χ0) is 12.3. The molecule has 16 heavy (non-hydrogen) atoms. The lowest BCUT2D eigenvalue weighted by molar-refractivity contribution is -0.137. The number of alkyl halides is 3. The maximum atomic E-state index is 12.3. The molecule has 0 aliphatic heterocycles. The van der Waals surface area contributed by atoms with E-state index in [1.54, 1.807) is 0 Å². The largest absolute Gasteiger partial charge is 0.416 e. The number of rotatable bonds is 2. The van der Waals surface area contributed by atoms with Gasteiger partial charge in [-0.3, -0.25) is 4.79 Å². The van der Waals surface area contributed by atoms with E-state index >= 15 is 0 Å². The number of carbonyl (C=O) groups excluding carboxylic acids is 1. The number of nitrogens with one attached hydrogen (secondary N) is 1. The molecule has 0 radical (unpaired) electrons. The Bertz CT molecular complexity index is 465. The van der Waals surface area contributed by atoms with E-state index in [0.29, 0.717) is 12.1 Å². The number of amides is 1. The van der Waals surface area contributed by atoms with Crippen LogP contribution in [0.25, 0.3) is 0 Å². The lowest BCUT2D eigenvalue weighted by atomic mass is 10.1. The fourth-order valence-electron chi connectivity index (χ4n) is 1.06. The zero-order valence-electron chi connectivity index (χ0n) is 7.60. The van der Waals surface area contributed by atoms with Crippen molar-refractivity contribution in [3.8, 4) is 6.07 Å². The third kappa shape index (κ3) is 2.44. The van der Waals surface area contributed by atoms with Crippen LogP contribution < -0.4 is 5.32 Å². The van der Waals surface area contributed by atoms with Crippen LogP contribution >= 0.6 is 11.6 Å². The van der Waals surface area contributed by atoms with E-state index < -0.39 is 11.7 Å². The normalized spacial score (nSPS) is 10.7. The van der Waals surface area contributed by atoms with E-state index in [4.69, 9.17) is 16.9 Å². The van der Waals surface area contributed by atoms with Gasteiger partial charge in [-0.25, -0.2) is 0 Å². The standard InChI is InChI=1S/C9H4ClF3N2O/c10-7-2-6(9(11,12)13)1-5(3-14)8(7)15-4-16/h1-2,4H,(H,15,16). The van der Waals surface area contributed by atoms with Gasteiger partial charge in [-0.2, -0.15) is 18.4 Å². The summed E-state index contributed by atoms with van der Waals surface area (Å²) in [6.07, 6.45) is -4.36. The molecule has 1 amide bonds. The van der Waals surface area contributed by atoms with Gasteiger partial charge in [0.05, 0.1) is 21.8 Å². The molecular formula is C9H4ClF3N2O. The molecule has 1 aromatic rings. The van der Waals surface area contributed by atoms with Crippen molar-refractivity contribution in [2.75, 3.05) is 5.32 Å². The zero-order valence-corrected chi connectivity index (χ0v) is 8.36. The molecule has 1 N–H and O–H groups in total. The summed E-state index contributed by atoms with van der Waals surface area (Å²) in [6.45, 7) is 0. The lowest BCUT2D eigenvalue weighted by Gasteiger charge is -2.10. The fourth-order valence-corrected chi connectivity index (χ4v) is 1.34. The van der Waals surface area contributed by atoms with E-state index in [-0.39, 0.29) is 22.7 Å². The van der Waals surface area contributed by atoms with Gasteiger partial charge in [0.25, 0.3) is 0 Å². The van der Waals surface area contributed by atoms with Gasteiger partial charge in [0.2, 0.25) is 6.41 Å². The van der Waals surface area contributed by atoms with E-state index in [1.165, 1.54) is 6.07 Å². The quantitative estimate of drug-likeness (QED) is 0.818. The average Bonchev–Trinajstić information content (AvgIpc) is 2.19. The van der Waals surface area contributed by atoms with Crippen LogP contribution in [0.3, 0.4) is 0 Å². The highest BCUT2D eigenvalue weighted by molar-refractivity contribution is 6.33. The summed E-state index contributed by atoms with van der Waals surface area (Å²) in [5.41, 5.74) is -1.51. The molecule has 0 unspecified atom stereocenters. The van der Waals surface area contributed by atoms with Crippen molar-refractivity contribution in [2.24, 2.45) is 0 Å². The SMILES string of the molecule is N#Cc1cc(C(F)(F)F)cc(Cl)c1NC=O. The third-order valence-corrected chi connectivity index (χ3v) is 2.04. The highest BCUT2D eigenvalue weighted by atomic mass is 35.5. The minimum atomic E-state index is -4.59. The second-order valence-corrected chi connectivity index (χ2v) is 3.16. The Kier molecular flexibility index (Phi) is 3.40. The summed E-state index contributed by atoms with van der Waals surface area (Å²) < 4.78 is 37.0. The van der Waals surface area contributed by atoms with Gasteiger partial charge in [-0.15, -0.1) is 0 Å². The smallest absolute Gasteiger partial charge is 0.326 e. The van der Waals surface area contributed by atoms with Crippen molar-refractivity contribution in [3.05, 3.63) is 28.3 Å². The van der Waals surface area contributed by atoms with E-state index in [2.05, 4.69) is 5.32 Å². The Balaban J connectivity index is 3.39. The van der Waals surface area contributed by atoms with E-state index in [1.807, 2.05) is 0 Å². The van der Waals surface area contributed by atoms with E-state index in [9.17, 15) is 18.0 Å². The molecule has 0 saturated heterocycles. The molecular weight excluding hydrogens is 245 g/mol. The first kappa shape index (κ1) is 12.3. The van der Waals surface area contributed by atoms with Crippen LogP contribution in [0.15, 0.2) is 12.1 Å². The van der Waals surface area contributed by atoms with Crippen LogP contribution in [0, 0.1) is 11.3 Å². The van der Waals surface area contributed by atoms with Crippen molar-refractivity contribution in [1.82, 2.24) is 0 Å². The summed E-state index contributed by atoms with van der Waals surface area (Å²) in [4.78, 5) is 10.2. The van der Waals surface area contributed by atoms with Gasteiger partial charge in [-0.05, 0) is 12.1 Å². The number of nitrogens with zero attached hydrogens (tertiary/aromatic N) is 1. The number of nitriles is 1. The van der Waals surface area contributed by atoms with Crippen LogP contribution in [0.5, 0.6) is 0 Å². The van der Waals surface area contributed by atoms with Crippen molar-refractivity contribution in [2.45, 2.75) is 6.18 Å². The summed E-state index contributed by atoms with van der Waals surface area (Å²) >= 11 is 5.53. The fraction of sp³-hybridized carbons (Fsp3) is 0.111. The van der Waals surface area contributed by atoms with Crippen molar-refractivity contribution in [3.63, 3.8) is 0 Å². The Morgan fingerprint density at radius 2 is 2.06 bits per heavy atom. The molecule has 3 nitrogen and oxygen atoms in total. The molecule has 1 aromatic carbocycles. The first-order chi connectivity index (χ1) is 7.40. The number of hydrogen-bond acceptors (Lipinski definition) is 2. The minimum Gasteiger partial charge on any atom is -0.326 e. The van der Waals surface area contributed by atoms with Crippen molar-refractivity contribution < 1.29 is 18.0 Å². The number of carbonyl (C=O) groups is 1. The summed E-state index contributed by atoms with van der Waals surface area (Å²) in [5.74, 6) is 0. The predicted molar refractivity (Wildman–Crippen MR) is 50.9 cm³/mol. The average molecular weight is 249 g/mol. The molecule has 84 valence electrons. The van der Waals surface area contributed by atoms with Gasteiger partial charge < -0.3 is 5.32 Å². The third-order valence-electron chi connectivity index (χ3n) is 1.74. The summed E-state index contributed by atoms with van der Waals surface area (Å²) in [7, 11) is 0. The van der Waals surface area contributed by atoms with Crippen molar-refractivity contribution >= 4 is 23.7 Å². The molecule has 0 heterocycles. The van der Waals surface area contributed by atoms with Gasteiger partial charge in [-0.1, -0.05) is 11.6 Å². The molecule has 0 spiro atoms. The lowest BCUT2D eigenvalue weighted by Crippen LogP contribution is -2.07. The minimum absolute atomic E-state index is 0.132. The molecule has 0 aliphatic carbocycles. The second kappa shape index (κ2) is 4.41. The van der Waals surface area contributed by atoms with Crippen LogP contribution in [-0.4, -0.2) is 6.41 Å². The summed E-state index contributed by atoms with van der Waals surface area (Å²) in [5, 5.41) is 10.4. The molecule has 1 rings (SSSR count). The first-order valence-electron chi connectivity index (χ1n) is 3.91. The molecule has 0 aliphatic rings. The van der Waals surface area contributed by atoms with E-state index in [0.717, 1.165) is 0 Å². The molecule has 0 aromatic heterocycles. The number of benzene rings is 1. The van der Waals surface area contributed by atoms with Gasteiger partial charge >= 0.3 is 6.18 Å². The molecule has 0 saturated carbocycles. The molecule has 0 atom stereocenters.